The third-order valence-electron chi connectivity index (χ3n) is 8.34. The molecule has 2 unspecified atom stereocenters. The monoisotopic (exact) mass is 625 g/mol. The molecule has 5 rings (SSSR count). The Labute approximate surface area is 257 Å². The number of methoxy groups -OCH3 is 1. The lowest BCUT2D eigenvalue weighted by molar-refractivity contribution is -0.100. The fourth-order valence-electron chi connectivity index (χ4n) is 5.73. The average Bonchev–Trinajstić information content (AvgIpc) is 3.47. The molecule has 224 valence electrons. The summed E-state index contributed by atoms with van der Waals surface area (Å²) >= 11 is 8.03. The van der Waals surface area contributed by atoms with E-state index in [0.717, 1.165) is 17.4 Å². The number of ether oxygens (including phenoxy) is 1. The molecule has 0 bridgehead atoms. The number of hydrogen-bond acceptors (Lipinski definition) is 6. The molecule has 2 aromatic carbocycles. The molecule has 2 atom stereocenters. The first kappa shape index (κ1) is 30.8. The van der Waals surface area contributed by atoms with Gasteiger partial charge in [-0.2, -0.15) is 5.26 Å². The van der Waals surface area contributed by atoms with Crippen molar-refractivity contribution in [3.05, 3.63) is 88.1 Å². The summed E-state index contributed by atoms with van der Waals surface area (Å²) in [6, 6.07) is 14.6. The van der Waals surface area contributed by atoms with Crippen LogP contribution in [0.3, 0.4) is 0 Å². The van der Waals surface area contributed by atoms with Crippen molar-refractivity contribution in [1.29, 1.82) is 5.26 Å². The second-order valence-corrected chi connectivity index (χ2v) is 12.6. The Morgan fingerprint density at radius 3 is 2.49 bits per heavy atom. The minimum Gasteiger partial charge on any atom is -0.465 e. The molecule has 0 radical (unpaired) electrons. The molecule has 1 heterocycles. The summed E-state index contributed by atoms with van der Waals surface area (Å²) < 4.78 is 36.8. The first-order valence-corrected chi connectivity index (χ1v) is 15.0. The minimum atomic E-state index is -2.59. The average molecular weight is 626 g/mol. The fraction of sp³-hybridized carbons (Fsp3) is 0.344. The van der Waals surface area contributed by atoms with Crippen molar-refractivity contribution >= 4 is 50.5 Å². The number of halogens is 3. The number of alkyl halides is 2. The number of carbonyl (C=O) groups is 2. The predicted octanol–water partition coefficient (Wildman–Crippen LogP) is 6.92. The van der Waals surface area contributed by atoms with Gasteiger partial charge in [0.25, 0.3) is 5.85 Å². The Kier molecular flexibility index (Phi) is 8.72. The fourth-order valence-corrected chi connectivity index (χ4v) is 7.06. The summed E-state index contributed by atoms with van der Waals surface area (Å²) in [5.74, 6) is -3.55. The maximum absolute atomic E-state index is 16.7. The summed E-state index contributed by atoms with van der Waals surface area (Å²) in [5, 5.41) is 22.5. The van der Waals surface area contributed by atoms with Gasteiger partial charge in [-0.3, -0.25) is 4.79 Å². The highest BCUT2D eigenvalue weighted by atomic mass is 35.5. The van der Waals surface area contributed by atoms with E-state index in [1.54, 1.807) is 49.5 Å². The molecule has 2 aliphatic rings. The number of benzene rings is 2. The Balaban J connectivity index is 1.48. The van der Waals surface area contributed by atoms with Crippen LogP contribution in [0.2, 0.25) is 0 Å². The zero-order valence-electron chi connectivity index (χ0n) is 23.6. The highest BCUT2D eigenvalue weighted by Crippen LogP contribution is 2.47. The topological polar surface area (TPSA) is 103 Å². The molecule has 7 nitrogen and oxygen atoms in total. The number of carbonyl (C=O) groups excluding carboxylic acids is 1. The Morgan fingerprint density at radius 1 is 1.19 bits per heavy atom. The zero-order chi connectivity index (χ0) is 30.9. The van der Waals surface area contributed by atoms with Crippen molar-refractivity contribution in [2.45, 2.75) is 48.5 Å². The Bertz CT molecular complexity index is 1660. The van der Waals surface area contributed by atoms with Crippen LogP contribution in [-0.2, 0) is 4.74 Å². The van der Waals surface area contributed by atoms with Gasteiger partial charge in [0, 0.05) is 38.4 Å². The van der Waals surface area contributed by atoms with Crippen LogP contribution in [0.25, 0.3) is 15.7 Å². The second kappa shape index (κ2) is 12.2. The third-order valence-corrected chi connectivity index (χ3v) is 10.00. The van der Waals surface area contributed by atoms with Crippen LogP contribution in [0.5, 0.6) is 0 Å². The van der Waals surface area contributed by atoms with Gasteiger partial charge in [-0.1, -0.05) is 24.3 Å². The van der Waals surface area contributed by atoms with Crippen molar-refractivity contribution < 1.29 is 28.2 Å². The number of thiophene rings is 1. The molecule has 3 aromatic rings. The van der Waals surface area contributed by atoms with Crippen molar-refractivity contribution in [3.63, 3.8) is 0 Å². The molecular formula is C32H30ClF2N3O4S. The number of nitrogens with zero attached hydrogens (tertiary/aromatic N) is 2. The highest BCUT2D eigenvalue weighted by molar-refractivity contribution is 7.21. The number of nitriles is 1. The lowest BCUT2D eigenvalue weighted by Gasteiger charge is -2.41. The summed E-state index contributed by atoms with van der Waals surface area (Å²) in [6.07, 6.45) is 4.27. The quantitative estimate of drug-likeness (QED) is 0.208. The number of hydrogen-bond donors (Lipinski definition) is 2. The Morgan fingerprint density at radius 2 is 1.88 bits per heavy atom. The molecule has 11 heteroatoms. The molecule has 43 heavy (non-hydrogen) atoms. The van der Waals surface area contributed by atoms with Crippen LogP contribution in [-0.4, -0.2) is 65.4 Å². The molecule has 2 N–H and O–H groups in total. The van der Waals surface area contributed by atoms with E-state index in [1.807, 2.05) is 0 Å². The van der Waals surface area contributed by atoms with Gasteiger partial charge in [-0.25, -0.2) is 13.6 Å². The van der Waals surface area contributed by atoms with Crippen LogP contribution < -0.4 is 5.32 Å². The molecule has 1 fully saturated rings. The first-order valence-electron chi connectivity index (χ1n) is 13.8. The maximum Gasteiger partial charge on any atom is 0.407 e. The van der Waals surface area contributed by atoms with Crippen LogP contribution in [0, 0.1) is 17.1 Å². The van der Waals surface area contributed by atoms with E-state index in [9.17, 15) is 24.3 Å². The smallest absolute Gasteiger partial charge is 0.407 e. The SMILES string of the molecule is COC1(F)C=C(C(=O)c2cc3cccc(F)c3s2)C(c2ccc(C#N)cc2)=CC1(Cl)CNC1CCC(N(C)C(=O)O)CC1. The van der Waals surface area contributed by atoms with Crippen LogP contribution in [0.1, 0.15) is 46.5 Å². The number of amides is 1. The lowest BCUT2D eigenvalue weighted by Crippen LogP contribution is -2.55. The van der Waals surface area contributed by atoms with E-state index < -0.39 is 28.4 Å². The first-order chi connectivity index (χ1) is 20.5. The highest BCUT2D eigenvalue weighted by Gasteiger charge is 2.53. The third kappa shape index (κ3) is 5.95. The molecule has 1 saturated carbocycles. The van der Waals surface area contributed by atoms with Gasteiger partial charge in [-0.15, -0.1) is 22.9 Å². The molecule has 1 aromatic heterocycles. The van der Waals surface area contributed by atoms with E-state index in [-0.39, 0.29) is 29.1 Å². The number of ketones is 1. The maximum atomic E-state index is 16.7. The van der Waals surface area contributed by atoms with E-state index in [0.29, 0.717) is 52.5 Å². The van der Waals surface area contributed by atoms with E-state index in [4.69, 9.17) is 16.3 Å². The number of rotatable bonds is 8. The van der Waals surface area contributed by atoms with Gasteiger partial charge in [0.15, 0.2) is 0 Å². The molecular weight excluding hydrogens is 596 g/mol. The van der Waals surface area contributed by atoms with Crippen molar-refractivity contribution in [1.82, 2.24) is 10.2 Å². The van der Waals surface area contributed by atoms with Gasteiger partial charge in [0.05, 0.1) is 21.2 Å². The van der Waals surface area contributed by atoms with E-state index >= 15 is 4.39 Å². The van der Waals surface area contributed by atoms with Gasteiger partial charge in [0.2, 0.25) is 5.78 Å². The summed E-state index contributed by atoms with van der Waals surface area (Å²) in [6.45, 7) is -0.0468. The van der Waals surface area contributed by atoms with Crippen molar-refractivity contribution in [2.75, 3.05) is 20.7 Å². The molecule has 0 spiro atoms. The number of nitrogens with one attached hydrogen (secondary N) is 1. The summed E-state index contributed by atoms with van der Waals surface area (Å²) in [5.41, 5.74) is 1.33. The molecule has 2 aliphatic carbocycles. The second-order valence-electron chi connectivity index (χ2n) is 10.9. The standard InChI is InChI=1S/C32H30ClF2N3O4S/c1-38(30(40)41)23-12-10-22(11-13-23)37-18-31(33)15-24(20-8-6-19(17-36)7-9-20)25(16-32(31,35)42-2)28(39)27-14-21-4-3-5-26(34)29(21)43-27/h3-9,14-16,22-23,37H,10-13,18H2,1-2H3,(H,40,41). The van der Waals surface area contributed by atoms with Gasteiger partial charge < -0.3 is 20.1 Å². The van der Waals surface area contributed by atoms with E-state index in [2.05, 4.69) is 11.4 Å². The van der Waals surface area contributed by atoms with Crippen LogP contribution in [0.4, 0.5) is 13.6 Å². The Hall–Kier alpha value is -3.62. The summed E-state index contributed by atoms with van der Waals surface area (Å²) in [4.78, 5) is 25.1. The molecule has 1 amide bonds. The van der Waals surface area contributed by atoms with Crippen molar-refractivity contribution in [2.24, 2.45) is 0 Å². The van der Waals surface area contributed by atoms with Crippen molar-refractivity contribution in [3.8, 4) is 6.07 Å². The number of Topliss-reactive ketones (excluding diaryl/α,β-unsaturated/α-hetero) is 1. The van der Waals surface area contributed by atoms with E-state index in [1.165, 1.54) is 24.2 Å². The summed E-state index contributed by atoms with van der Waals surface area (Å²) in [7, 11) is 2.74. The lowest BCUT2D eigenvalue weighted by atomic mass is 9.80. The minimum absolute atomic E-state index is 0.00881. The zero-order valence-corrected chi connectivity index (χ0v) is 25.1. The van der Waals surface area contributed by atoms with Crippen LogP contribution >= 0.6 is 22.9 Å². The normalized spacial score (nSPS) is 25.5. The van der Waals surface area contributed by atoms with Gasteiger partial charge in [0.1, 0.15) is 10.7 Å². The number of carboxylic acid groups (broad SMARTS) is 1. The van der Waals surface area contributed by atoms with Crippen LogP contribution in [0.15, 0.2) is 66.3 Å². The van der Waals surface area contributed by atoms with Gasteiger partial charge >= 0.3 is 6.09 Å². The number of allylic oxidation sites excluding steroid dienone is 2. The molecule has 0 saturated heterocycles. The largest absolute Gasteiger partial charge is 0.465 e. The van der Waals surface area contributed by atoms with Gasteiger partial charge in [-0.05, 0) is 78.6 Å². The molecule has 0 aliphatic heterocycles. The predicted molar refractivity (Wildman–Crippen MR) is 163 cm³/mol. The number of fused-ring (bicyclic) bond motifs is 1.